The maximum absolute atomic E-state index is 12.3. The highest BCUT2D eigenvalue weighted by Crippen LogP contribution is 2.12. The SMILES string of the molecule is Cc1ccccc1CNc1cc(C(=O)NCCc2cccc(Cl)c2)ncn1. The fraction of sp³-hybridized carbons (Fsp3) is 0.190. The highest BCUT2D eigenvalue weighted by molar-refractivity contribution is 6.30. The number of rotatable bonds is 7. The summed E-state index contributed by atoms with van der Waals surface area (Å²) in [6.07, 6.45) is 2.10. The predicted molar refractivity (Wildman–Crippen MR) is 108 cm³/mol. The molecule has 0 spiro atoms. The fourth-order valence-corrected chi connectivity index (χ4v) is 2.89. The van der Waals surface area contributed by atoms with E-state index in [0.717, 1.165) is 5.56 Å². The second-order valence-corrected chi connectivity index (χ2v) is 6.64. The molecule has 3 rings (SSSR count). The third-order valence-electron chi connectivity index (χ3n) is 4.21. The van der Waals surface area contributed by atoms with Crippen molar-refractivity contribution in [3.05, 3.63) is 88.3 Å². The normalized spacial score (nSPS) is 10.4. The first-order valence-electron chi connectivity index (χ1n) is 8.75. The van der Waals surface area contributed by atoms with Crippen LogP contribution in [0.5, 0.6) is 0 Å². The van der Waals surface area contributed by atoms with Gasteiger partial charge in [-0.05, 0) is 42.2 Å². The van der Waals surface area contributed by atoms with Gasteiger partial charge in [0.15, 0.2) is 0 Å². The molecule has 0 fully saturated rings. The first kappa shape index (κ1) is 18.9. The lowest BCUT2D eigenvalue weighted by Crippen LogP contribution is -2.26. The Hall–Kier alpha value is -2.92. The highest BCUT2D eigenvalue weighted by atomic mass is 35.5. The largest absolute Gasteiger partial charge is 0.366 e. The number of carbonyl (C=O) groups is 1. The lowest BCUT2D eigenvalue weighted by Gasteiger charge is -2.09. The number of nitrogens with zero attached hydrogens (tertiary/aromatic N) is 2. The molecule has 0 unspecified atom stereocenters. The summed E-state index contributed by atoms with van der Waals surface area (Å²) in [6, 6.07) is 17.4. The highest BCUT2D eigenvalue weighted by Gasteiger charge is 2.08. The molecule has 6 heteroatoms. The molecular formula is C21H21ClN4O. The Morgan fingerprint density at radius 3 is 2.74 bits per heavy atom. The van der Waals surface area contributed by atoms with E-state index in [4.69, 9.17) is 11.6 Å². The molecule has 1 aromatic heterocycles. The molecule has 0 saturated heterocycles. The van der Waals surface area contributed by atoms with Crippen molar-refractivity contribution in [3.8, 4) is 0 Å². The zero-order chi connectivity index (χ0) is 19.1. The third kappa shape index (κ3) is 5.53. The lowest BCUT2D eigenvalue weighted by atomic mass is 10.1. The average molecular weight is 381 g/mol. The number of nitrogens with one attached hydrogen (secondary N) is 2. The van der Waals surface area contributed by atoms with Crippen LogP contribution in [0.15, 0.2) is 60.9 Å². The molecule has 2 N–H and O–H groups in total. The molecule has 0 bridgehead atoms. The summed E-state index contributed by atoms with van der Waals surface area (Å²) in [7, 11) is 0. The van der Waals surface area contributed by atoms with E-state index >= 15 is 0 Å². The number of amides is 1. The molecule has 0 aliphatic carbocycles. The van der Waals surface area contributed by atoms with Gasteiger partial charge in [-0.15, -0.1) is 0 Å². The molecule has 0 aliphatic rings. The quantitative estimate of drug-likeness (QED) is 0.649. The Morgan fingerprint density at radius 2 is 1.93 bits per heavy atom. The Morgan fingerprint density at radius 1 is 1.07 bits per heavy atom. The monoisotopic (exact) mass is 380 g/mol. The fourth-order valence-electron chi connectivity index (χ4n) is 2.68. The van der Waals surface area contributed by atoms with E-state index in [-0.39, 0.29) is 5.91 Å². The number of aryl methyl sites for hydroxylation is 1. The van der Waals surface area contributed by atoms with E-state index in [1.165, 1.54) is 17.5 Å². The van der Waals surface area contributed by atoms with Crippen molar-refractivity contribution in [1.29, 1.82) is 0 Å². The topological polar surface area (TPSA) is 66.9 Å². The molecule has 5 nitrogen and oxygen atoms in total. The second-order valence-electron chi connectivity index (χ2n) is 6.20. The van der Waals surface area contributed by atoms with Crippen LogP contribution >= 0.6 is 11.6 Å². The molecule has 1 heterocycles. The Bertz CT molecular complexity index is 929. The van der Waals surface area contributed by atoms with Gasteiger partial charge in [0.2, 0.25) is 0 Å². The average Bonchev–Trinajstić information content (AvgIpc) is 2.67. The predicted octanol–water partition coefficient (Wildman–Crippen LogP) is 4.02. The van der Waals surface area contributed by atoms with Gasteiger partial charge in [0.25, 0.3) is 5.91 Å². The van der Waals surface area contributed by atoms with Crippen LogP contribution < -0.4 is 10.6 Å². The summed E-state index contributed by atoms with van der Waals surface area (Å²) in [5.74, 6) is 0.395. The van der Waals surface area contributed by atoms with Gasteiger partial charge in [-0.2, -0.15) is 0 Å². The summed E-state index contributed by atoms with van der Waals surface area (Å²) in [5, 5.41) is 6.81. The summed E-state index contributed by atoms with van der Waals surface area (Å²) < 4.78 is 0. The standard InChI is InChI=1S/C21H21ClN4O/c1-15-5-2-3-7-17(15)13-24-20-12-19(25-14-26-20)21(27)23-10-9-16-6-4-8-18(22)11-16/h2-8,11-12,14H,9-10,13H2,1H3,(H,23,27)(H,24,25,26). The molecule has 1 amide bonds. The molecule has 27 heavy (non-hydrogen) atoms. The van der Waals surface area contributed by atoms with Gasteiger partial charge in [-0.3, -0.25) is 4.79 Å². The van der Waals surface area contributed by atoms with Crippen molar-refractivity contribution in [2.45, 2.75) is 19.9 Å². The van der Waals surface area contributed by atoms with Gasteiger partial charge in [0, 0.05) is 24.2 Å². The first-order valence-corrected chi connectivity index (χ1v) is 9.12. The number of hydrogen-bond donors (Lipinski definition) is 2. The van der Waals surface area contributed by atoms with Crippen LogP contribution in [0.25, 0.3) is 0 Å². The van der Waals surface area contributed by atoms with Crippen LogP contribution in [0.1, 0.15) is 27.2 Å². The van der Waals surface area contributed by atoms with E-state index in [9.17, 15) is 4.79 Å². The number of benzene rings is 2. The summed E-state index contributed by atoms with van der Waals surface area (Å²) in [5.41, 5.74) is 3.80. The Balaban J connectivity index is 1.54. The van der Waals surface area contributed by atoms with Gasteiger partial charge in [0.1, 0.15) is 17.8 Å². The number of anilines is 1. The van der Waals surface area contributed by atoms with Crippen molar-refractivity contribution in [1.82, 2.24) is 15.3 Å². The molecule has 0 aliphatic heterocycles. The zero-order valence-corrected chi connectivity index (χ0v) is 15.8. The van der Waals surface area contributed by atoms with Gasteiger partial charge < -0.3 is 10.6 Å². The van der Waals surface area contributed by atoms with Gasteiger partial charge in [0.05, 0.1) is 0 Å². The minimum absolute atomic E-state index is 0.224. The summed E-state index contributed by atoms with van der Waals surface area (Å²) >= 11 is 5.97. The summed E-state index contributed by atoms with van der Waals surface area (Å²) in [4.78, 5) is 20.6. The van der Waals surface area contributed by atoms with Crippen LogP contribution in [-0.2, 0) is 13.0 Å². The molecular weight excluding hydrogens is 360 g/mol. The lowest BCUT2D eigenvalue weighted by molar-refractivity contribution is 0.0949. The maximum atomic E-state index is 12.3. The smallest absolute Gasteiger partial charge is 0.270 e. The van der Waals surface area contributed by atoms with Crippen LogP contribution in [-0.4, -0.2) is 22.4 Å². The molecule has 3 aromatic rings. The minimum Gasteiger partial charge on any atom is -0.366 e. The van der Waals surface area contributed by atoms with E-state index in [1.54, 1.807) is 6.07 Å². The maximum Gasteiger partial charge on any atom is 0.270 e. The van der Waals surface area contributed by atoms with Crippen molar-refractivity contribution in [3.63, 3.8) is 0 Å². The van der Waals surface area contributed by atoms with Crippen molar-refractivity contribution >= 4 is 23.3 Å². The second kappa shape index (κ2) is 9.14. The van der Waals surface area contributed by atoms with Gasteiger partial charge >= 0.3 is 0 Å². The number of halogens is 1. The van der Waals surface area contributed by atoms with Crippen LogP contribution in [0.3, 0.4) is 0 Å². The van der Waals surface area contributed by atoms with Crippen molar-refractivity contribution < 1.29 is 4.79 Å². The molecule has 0 radical (unpaired) electrons. The van der Waals surface area contributed by atoms with Gasteiger partial charge in [-0.25, -0.2) is 9.97 Å². The number of aromatic nitrogens is 2. The molecule has 138 valence electrons. The third-order valence-corrected chi connectivity index (χ3v) is 4.44. The van der Waals surface area contributed by atoms with E-state index in [0.29, 0.717) is 36.0 Å². The van der Waals surface area contributed by atoms with E-state index in [2.05, 4.69) is 39.7 Å². The molecule has 0 saturated carbocycles. The van der Waals surface area contributed by atoms with E-state index < -0.39 is 0 Å². The van der Waals surface area contributed by atoms with Crippen LogP contribution in [0.2, 0.25) is 5.02 Å². The number of hydrogen-bond acceptors (Lipinski definition) is 4. The number of carbonyl (C=O) groups excluding carboxylic acids is 1. The van der Waals surface area contributed by atoms with Gasteiger partial charge in [-0.1, -0.05) is 48.0 Å². The Labute approximate surface area is 163 Å². The van der Waals surface area contributed by atoms with Crippen molar-refractivity contribution in [2.75, 3.05) is 11.9 Å². The minimum atomic E-state index is -0.224. The van der Waals surface area contributed by atoms with Crippen LogP contribution in [0.4, 0.5) is 5.82 Å². The first-order chi connectivity index (χ1) is 13.1. The molecule has 0 atom stereocenters. The van der Waals surface area contributed by atoms with E-state index in [1.807, 2.05) is 36.4 Å². The molecule has 2 aromatic carbocycles. The Kier molecular flexibility index (Phi) is 6.39. The summed E-state index contributed by atoms with van der Waals surface area (Å²) in [6.45, 7) is 3.21. The van der Waals surface area contributed by atoms with Crippen LogP contribution in [0, 0.1) is 6.92 Å². The zero-order valence-electron chi connectivity index (χ0n) is 15.1. The van der Waals surface area contributed by atoms with Crippen molar-refractivity contribution in [2.24, 2.45) is 0 Å².